The van der Waals surface area contributed by atoms with Gasteiger partial charge in [-0.05, 0) is 54.6 Å². The van der Waals surface area contributed by atoms with Crippen LogP contribution in [0, 0.1) is 5.92 Å². The van der Waals surface area contributed by atoms with Crippen molar-refractivity contribution in [2.24, 2.45) is 5.92 Å². The molecule has 3 amide bonds. The number of hydrogen-bond acceptors (Lipinski definition) is 4. The topological polar surface area (TPSA) is 69.7 Å². The van der Waals surface area contributed by atoms with Crippen molar-refractivity contribution in [3.8, 4) is 0 Å². The Balaban J connectivity index is 1.44. The predicted molar refractivity (Wildman–Crippen MR) is 114 cm³/mol. The summed E-state index contributed by atoms with van der Waals surface area (Å²) in [5, 5.41) is 2.96. The highest BCUT2D eigenvalue weighted by molar-refractivity contribution is 6.21. The standard InChI is InChI=1S/C24H27N3O3/c1-16-6-5-11-27(14-16)15-19-8-4-3-7-18(19)13-25-22(28)17-9-10-20-21(12-17)24(30)26(2)23(20)29/h3-4,7-10,12,16H,5-6,11,13-15H2,1-2H3,(H,25,28)/t16-/m1/s1. The molecule has 2 aliphatic heterocycles. The number of rotatable bonds is 5. The van der Waals surface area contributed by atoms with Gasteiger partial charge in [0, 0.05) is 32.2 Å². The Kier molecular flexibility index (Phi) is 5.68. The van der Waals surface area contributed by atoms with E-state index >= 15 is 0 Å². The molecule has 2 aromatic rings. The molecular formula is C24H27N3O3. The van der Waals surface area contributed by atoms with Gasteiger partial charge >= 0.3 is 0 Å². The summed E-state index contributed by atoms with van der Waals surface area (Å²) in [5.74, 6) is -0.235. The highest BCUT2D eigenvalue weighted by Crippen LogP contribution is 2.23. The number of carbonyl (C=O) groups excluding carboxylic acids is 3. The lowest BCUT2D eigenvalue weighted by molar-refractivity contribution is 0.0693. The molecular weight excluding hydrogens is 378 g/mol. The summed E-state index contributed by atoms with van der Waals surface area (Å²) in [4.78, 5) is 40.5. The fourth-order valence-corrected chi connectivity index (χ4v) is 4.34. The van der Waals surface area contributed by atoms with E-state index in [-0.39, 0.29) is 23.3 Å². The molecule has 30 heavy (non-hydrogen) atoms. The van der Waals surface area contributed by atoms with Gasteiger partial charge in [-0.25, -0.2) is 0 Å². The van der Waals surface area contributed by atoms with Gasteiger partial charge in [0.2, 0.25) is 0 Å². The summed E-state index contributed by atoms with van der Waals surface area (Å²) < 4.78 is 0. The first-order chi connectivity index (χ1) is 14.4. The number of likely N-dealkylation sites (tertiary alicyclic amines) is 1. The molecule has 0 aliphatic carbocycles. The monoisotopic (exact) mass is 405 g/mol. The second-order valence-corrected chi connectivity index (χ2v) is 8.36. The maximum Gasteiger partial charge on any atom is 0.261 e. The van der Waals surface area contributed by atoms with E-state index in [2.05, 4.69) is 23.2 Å². The Hall–Kier alpha value is -2.99. The molecule has 4 rings (SSSR count). The first-order valence-electron chi connectivity index (χ1n) is 10.5. The summed E-state index contributed by atoms with van der Waals surface area (Å²) in [6.07, 6.45) is 2.52. The van der Waals surface area contributed by atoms with Crippen molar-refractivity contribution < 1.29 is 14.4 Å². The zero-order chi connectivity index (χ0) is 21.3. The van der Waals surface area contributed by atoms with Crippen molar-refractivity contribution in [3.63, 3.8) is 0 Å². The molecule has 0 radical (unpaired) electrons. The smallest absolute Gasteiger partial charge is 0.261 e. The first-order valence-corrected chi connectivity index (χ1v) is 10.5. The maximum absolute atomic E-state index is 12.7. The van der Waals surface area contributed by atoms with Gasteiger partial charge in [0.15, 0.2) is 0 Å². The molecule has 0 saturated carbocycles. The second kappa shape index (κ2) is 8.40. The third-order valence-corrected chi connectivity index (χ3v) is 6.04. The largest absolute Gasteiger partial charge is 0.348 e. The fraction of sp³-hybridized carbons (Fsp3) is 0.375. The number of carbonyl (C=O) groups is 3. The number of amides is 3. The van der Waals surface area contributed by atoms with Gasteiger partial charge < -0.3 is 5.32 Å². The summed E-state index contributed by atoms with van der Waals surface area (Å²) in [6.45, 7) is 5.82. The first kappa shape index (κ1) is 20.3. The molecule has 1 N–H and O–H groups in total. The quantitative estimate of drug-likeness (QED) is 0.777. The van der Waals surface area contributed by atoms with Crippen LogP contribution in [0.25, 0.3) is 0 Å². The predicted octanol–water partition coefficient (Wildman–Crippen LogP) is 3.07. The summed E-state index contributed by atoms with van der Waals surface area (Å²) in [7, 11) is 1.45. The zero-order valence-corrected chi connectivity index (χ0v) is 17.5. The number of hydrogen-bond donors (Lipinski definition) is 1. The summed E-state index contributed by atoms with van der Waals surface area (Å²) in [5.41, 5.74) is 3.34. The molecule has 0 bridgehead atoms. The fourth-order valence-electron chi connectivity index (χ4n) is 4.34. The van der Waals surface area contributed by atoms with Crippen molar-refractivity contribution in [1.29, 1.82) is 0 Å². The molecule has 0 unspecified atom stereocenters. The lowest BCUT2D eigenvalue weighted by Gasteiger charge is -2.31. The third-order valence-electron chi connectivity index (χ3n) is 6.04. The van der Waals surface area contributed by atoms with Gasteiger partial charge in [-0.2, -0.15) is 0 Å². The van der Waals surface area contributed by atoms with Crippen molar-refractivity contribution in [2.75, 3.05) is 20.1 Å². The minimum atomic E-state index is -0.370. The highest BCUT2D eigenvalue weighted by Gasteiger charge is 2.33. The van der Waals surface area contributed by atoms with Crippen molar-refractivity contribution in [2.45, 2.75) is 32.9 Å². The maximum atomic E-state index is 12.7. The Bertz CT molecular complexity index is 1000. The number of imide groups is 1. The second-order valence-electron chi connectivity index (χ2n) is 8.36. The number of nitrogens with one attached hydrogen (secondary N) is 1. The van der Waals surface area contributed by atoms with Crippen LogP contribution in [-0.4, -0.2) is 47.7 Å². The highest BCUT2D eigenvalue weighted by atomic mass is 16.2. The van der Waals surface area contributed by atoms with Gasteiger partial charge in [-0.15, -0.1) is 0 Å². The number of benzene rings is 2. The molecule has 0 spiro atoms. The van der Waals surface area contributed by atoms with E-state index in [1.54, 1.807) is 12.1 Å². The molecule has 2 heterocycles. The molecule has 2 aliphatic rings. The Labute approximate surface area is 176 Å². The Morgan fingerprint density at radius 1 is 1.07 bits per heavy atom. The van der Waals surface area contributed by atoms with Gasteiger partial charge in [0.1, 0.15) is 0 Å². The van der Waals surface area contributed by atoms with Crippen LogP contribution in [-0.2, 0) is 13.1 Å². The Morgan fingerprint density at radius 2 is 1.80 bits per heavy atom. The molecule has 0 aromatic heterocycles. The minimum absolute atomic E-state index is 0.256. The molecule has 2 aromatic carbocycles. The van der Waals surface area contributed by atoms with Crippen LogP contribution >= 0.6 is 0 Å². The van der Waals surface area contributed by atoms with Gasteiger partial charge in [0.25, 0.3) is 17.7 Å². The molecule has 6 heteroatoms. The number of fused-ring (bicyclic) bond motifs is 1. The molecule has 6 nitrogen and oxygen atoms in total. The minimum Gasteiger partial charge on any atom is -0.348 e. The normalized spacial score (nSPS) is 19.1. The Morgan fingerprint density at radius 3 is 2.57 bits per heavy atom. The number of piperidine rings is 1. The van der Waals surface area contributed by atoms with E-state index in [1.165, 1.54) is 31.5 Å². The number of nitrogens with zero attached hydrogens (tertiary/aromatic N) is 2. The SMILES string of the molecule is C[C@@H]1CCCN(Cc2ccccc2CNC(=O)c2ccc3c(c2)C(=O)N(C)C3=O)C1. The van der Waals surface area contributed by atoms with E-state index in [0.29, 0.717) is 17.7 Å². The van der Waals surface area contributed by atoms with Crippen LogP contribution < -0.4 is 5.32 Å². The van der Waals surface area contributed by atoms with E-state index in [0.717, 1.165) is 36.0 Å². The van der Waals surface area contributed by atoms with Crippen LogP contribution in [0.5, 0.6) is 0 Å². The zero-order valence-electron chi connectivity index (χ0n) is 17.5. The van der Waals surface area contributed by atoms with E-state index in [4.69, 9.17) is 0 Å². The van der Waals surface area contributed by atoms with Gasteiger partial charge in [-0.3, -0.25) is 24.2 Å². The van der Waals surface area contributed by atoms with Crippen molar-refractivity contribution in [1.82, 2.24) is 15.1 Å². The van der Waals surface area contributed by atoms with Gasteiger partial charge in [-0.1, -0.05) is 31.2 Å². The summed E-state index contributed by atoms with van der Waals surface area (Å²) in [6, 6.07) is 12.8. The lowest BCUT2D eigenvalue weighted by atomic mass is 9.99. The van der Waals surface area contributed by atoms with E-state index in [9.17, 15) is 14.4 Å². The third kappa shape index (κ3) is 4.00. The van der Waals surface area contributed by atoms with Crippen LogP contribution in [0.4, 0.5) is 0 Å². The molecule has 156 valence electrons. The van der Waals surface area contributed by atoms with Crippen LogP contribution in [0.15, 0.2) is 42.5 Å². The summed E-state index contributed by atoms with van der Waals surface area (Å²) >= 11 is 0. The van der Waals surface area contributed by atoms with Crippen molar-refractivity contribution in [3.05, 3.63) is 70.3 Å². The van der Waals surface area contributed by atoms with Crippen LogP contribution in [0.1, 0.15) is 62.0 Å². The average molecular weight is 405 g/mol. The van der Waals surface area contributed by atoms with Crippen molar-refractivity contribution >= 4 is 17.7 Å². The molecule has 1 atom stereocenters. The van der Waals surface area contributed by atoms with Gasteiger partial charge in [0.05, 0.1) is 11.1 Å². The van der Waals surface area contributed by atoms with E-state index in [1.807, 2.05) is 18.2 Å². The molecule has 1 saturated heterocycles. The average Bonchev–Trinajstić information content (AvgIpc) is 2.96. The van der Waals surface area contributed by atoms with E-state index < -0.39 is 0 Å². The lowest BCUT2D eigenvalue weighted by Crippen LogP contribution is -2.34. The van der Waals surface area contributed by atoms with Crippen LogP contribution in [0.2, 0.25) is 0 Å². The molecule has 1 fully saturated rings. The van der Waals surface area contributed by atoms with Crippen LogP contribution in [0.3, 0.4) is 0 Å².